The average molecular weight is 413 g/mol. The van der Waals surface area contributed by atoms with Gasteiger partial charge in [-0.15, -0.1) is 0 Å². The predicted molar refractivity (Wildman–Crippen MR) is 120 cm³/mol. The summed E-state index contributed by atoms with van der Waals surface area (Å²) in [6.45, 7) is 5.86. The molecule has 162 valence electrons. The van der Waals surface area contributed by atoms with E-state index >= 15 is 0 Å². The zero-order valence-corrected chi connectivity index (χ0v) is 18.2. The number of amides is 1. The molecule has 0 radical (unpaired) electrons. The lowest BCUT2D eigenvalue weighted by Crippen LogP contribution is -2.37. The Balaban J connectivity index is 1.80. The van der Waals surface area contributed by atoms with Gasteiger partial charge in [0.2, 0.25) is 0 Å². The van der Waals surface area contributed by atoms with Crippen LogP contribution in [0.15, 0.2) is 47.5 Å². The molecular weight excluding hydrogens is 380 g/mol. The highest BCUT2D eigenvalue weighted by molar-refractivity contribution is 5.79. The fraction of sp³-hybridized carbons (Fsp3) is 0.391. The van der Waals surface area contributed by atoms with Crippen LogP contribution in [0.25, 0.3) is 0 Å². The van der Waals surface area contributed by atoms with Crippen molar-refractivity contribution in [3.05, 3.63) is 59.2 Å². The van der Waals surface area contributed by atoms with E-state index in [0.717, 1.165) is 35.8 Å². The largest absolute Gasteiger partial charge is 0.496 e. The van der Waals surface area contributed by atoms with Crippen LogP contribution in [0, 0.1) is 6.92 Å². The van der Waals surface area contributed by atoms with Crippen LogP contribution in [-0.2, 0) is 17.8 Å². The number of methoxy groups -OCH3 is 1. The van der Waals surface area contributed by atoms with Gasteiger partial charge in [-0.05, 0) is 55.2 Å². The van der Waals surface area contributed by atoms with Gasteiger partial charge in [0, 0.05) is 26.7 Å². The molecule has 0 bridgehead atoms. The number of benzene rings is 2. The molecule has 2 rings (SSSR count). The molecular formula is C23H32N4O3. The van der Waals surface area contributed by atoms with Crippen LogP contribution in [0.3, 0.4) is 0 Å². The fourth-order valence-electron chi connectivity index (χ4n) is 2.89. The number of nitrogens with one attached hydrogen (secondary N) is 3. The highest BCUT2D eigenvalue weighted by Crippen LogP contribution is 2.19. The Bertz CT molecular complexity index is 852. The number of hydrogen-bond donors (Lipinski definition) is 3. The van der Waals surface area contributed by atoms with Crippen LogP contribution in [0.4, 0.5) is 0 Å². The van der Waals surface area contributed by atoms with Gasteiger partial charge in [0.15, 0.2) is 12.6 Å². The third-order valence-electron chi connectivity index (χ3n) is 4.50. The molecule has 2 aromatic rings. The maximum absolute atomic E-state index is 11.5. The van der Waals surface area contributed by atoms with Gasteiger partial charge in [-0.25, -0.2) is 0 Å². The number of hydrogen-bond acceptors (Lipinski definition) is 4. The van der Waals surface area contributed by atoms with Gasteiger partial charge in [0.1, 0.15) is 11.5 Å². The van der Waals surface area contributed by atoms with Gasteiger partial charge in [0.25, 0.3) is 5.91 Å². The van der Waals surface area contributed by atoms with Crippen LogP contribution >= 0.6 is 0 Å². The van der Waals surface area contributed by atoms with E-state index in [-0.39, 0.29) is 12.5 Å². The zero-order chi connectivity index (χ0) is 21.8. The molecule has 30 heavy (non-hydrogen) atoms. The molecule has 0 saturated carbocycles. The van der Waals surface area contributed by atoms with Crippen LogP contribution in [0.2, 0.25) is 0 Å². The Kier molecular flexibility index (Phi) is 9.51. The fourth-order valence-corrected chi connectivity index (χ4v) is 2.89. The molecule has 0 aromatic heterocycles. The van der Waals surface area contributed by atoms with E-state index in [2.05, 4.69) is 39.1 Å². The summed E-state index contributed by atoms with van der Waals surface area (Å²) in [5.74, 6) is 2.17. The number of carbonyl (C=O) groups excluding carboxylic acids is 1. The summed E-state index contributed by atoms with van der Waals surface area (Å²) >= 11 is 0. The van der Waals surface area contributed by atoms with Crippen molar-refractivity contribution >= 4 is 11.9 Å². The van der Waals surface area contributed by atoms with Crippen LogP contribution in [0.1, 0.15) is 23.6 Å². The van der Waals surface area contributed by atoms with E-state index < -0.39 is 0 Å². The van der Waals surface area contributed by atoms with Gasteiger partial charge < -0.3 is 25.4 Å². The minimum absolute atomic E-state index is 0.0116. The first-order valence-electron chi connectivity index (χ1n) is 10.1. The van der Waals surface area contributed by atoms with Gasteiger partial charge >= 0.3 is 0 Å². The Labute approximate surface area is 178 Å². The Morgan fingerprint density at radius 2 is 1.90 bits per heavy atom. The van der Waals surface area contributed by atoms with E-state index in [0.29, 0.717) is 18.8 Å². The standard InChI is InChI=1S/C23H32N4O3/c1-5-25-22(28)16-30-20-8-6-7-19(13-20)15-27-23(24-3)26-12-11-18-10-9-17(2)21(14-18)29-4/h6-10,13-14H,5,11-12,15-16H2,1-4H3,(H,25,28)(H2,24,26,27). The lowest BCUT2D eigenvalue weighted by atomic mass is 10.1. The van der Waals surface area contributed by atoms with E-state index in [4.69, 9.17) is 9.47 Å². The highest BCUT2D eigenvalue weighted by atomic mass is 16.5. The van der Waals surface area contributed by atoms with Crippen molar-refractivity contribution in [3.63, 3.8) is 0 Å². The minimum Gasteiger partial charge on any atom is -0.496 e. The molecule has 0 aliphatic carbocycles. The molecule has 0 fully saturated rings. The van der Waals surface area contributed by atoms with Crippen molar-refractivity contribution < 1.29 is 14.3 Å². The van der Waals surface area contributed by atoms with E-state index in [1.54, 1.807) is 14.2 Å². The number of aryl methyl sites for hydroxylation is 1. The summed E-state index contributed by atoms with van der Waals surface area (Å²) in [4.78, 5) is 15.8. The Morgan fingerprint density at radius 1 is 1.07 bits per heavy atom. The molecule has 2 aromatic carbocycles. The second-order valence-electron chi connectivity index (χ2n) is 6.80. The minimum atomic E-state index is -0.128. The smallest absolute Gasteiger partial charge is 0.257 e. The Morgan fingerprint density at radius 3 is 2.63 bits per heavy atom. The molecule has 1 amide bonds. The van der Waals surface area contributed by atoms with Crippen LogP contribution in [-0.4, -0.2) is 45.7 Å². The monoisotopic (exact) mass is 412 g/mol. The molecule has 0 spiro atoms. The van der Waals surface area contributed by atoms with Crippen molar-refractivity contribution in [1.29, 1.82) is 0 Å². The van der Waals surface area contributed by atoms with E-state index in [1.165, 1.54) is 5.56 Å². The molecule has 0 aliphatic heterocycles. The van der Waals surface area contributed by atoms with Crippen molar-refractivity contribution in [2.45, 2.75) is 26.8 Å². The van der Waals surface area contributed by atoms with Crippen molar-refractivity contribution in [3.8, 4) is 11.5 Å². The normalized spacial score (nSPS) is 11.0. The summed E-state index contributed by atoms with van der Waals surface area (Å²) in [5.41, 5.74) is 3.37. The molecule has 7 heteroatoms. The predicted octanol–water partition coefficient (Wildman–Crippen LogP) is 2.43. The zero-order valence-electron chi connectivity index (χ0n) is 18.2. The second-order valence-corrected chi connectivity index (χ2v) is 6.80. The van der Waals surface area contributed by atoms with E-state index in [9.17, 15) is 4.79 Å². The second kappa shape index (κ2) is 12.4. The van der Waals surface area contributed by atoms with Crippen LogP contribution < -0.4 is 25.4 Å². The van der Waals surface area contributed by atoms with Crippen molar-refractivity contribution in [2.75, 3.05) is 33.9 Å². The number of carbonyl (C=O) groups is 1. The highest BCUT2D eigenvalue weighted by Gasteiger charge is 2.04. The first kappa shape index (κ1) is 23.1. The molecule has 0 unspecified atom stereocenters. The lowest BCUT2D eigenvalue weighted by molar-refractivity contribution is -0.122. The molecule has 0 heterocycles. The first-order chi connectivity index (χ1) is 14.5. The third kappa shape index (κ3) is 7.66. The molecule has 0 atom stereocenters. The third-order valence-corrected chi connectivity index (χ3v) is 4.50. The van der Waals surface area contributed by atoms with Crippen molar-refractivity contribution in [2.24, 2.45) is 4.99 Å². The maximum Gasteiger partial charge on any atom is 0.257 e. The van der Waals surface area contributed by atoms with Gasteiger partial charge in [-0.2, -0.15) is 0 Å². The van der Waals surface area contributed by atoms with Gasteiger partial charge in [0.05, 0.1) is 7.11 Å². The average Bonchev–Trinajstić information content (AvgIpc) is 2.76. The summed E-state index contributed by atoms with van der Waals surface area (Å²) in [6, 6.07) is 13.9. The van der Waals surface area contributed by atoms with Gasteiger partial charge in [-0.1, -0.05) is 24.3 Å². The number of aliphatic imine (C=N–C) groups is 1. The molecule has 0 aliphatic rings. The topological polar surface area (TPSA) is 84.0 Å². The molecule has 0 saturated heterocycles. The Hall–Kier alpha value is -3.22. The van der Waals surface area contributed by atoms with Gasteiger partial charge in [-0.3, -0.25) is 9.79 Å². The number of guanidine groups is 1. The number of nitrogens with zero attached hydrogens (tertiary/aromatic N) is 1. The first-order valence-corrected chi connectivity index (χ1v) is 10.1. The lowest BCUT2D eigenvalue weighted by Gasteiger charge is -2.13. The molecule has 3 N–H and O–H groups in total. The maximum atomic E-state index is 11.5. The quantitative estimate of drug-likeness (QED) is 0.412. The summed E-state index contributed by atoms with van der Waals surface area (Å²) in [6.07, 6.45) is 0.862. The van der Waals surface area contributed by atoms with E-state index in [1.807, 2.05) is 38.1 Å². The summed E-state index contributed by atoms with van der Waals surface area (Å²) < 4.78 is 10.9. The number of likely N-dealkylation sites (N-methyl/N-ethyl adjacent to an activating group) is 1. The van der Waals surface area contributed by atoms with Crippen LogP contribution in [0.5, 0.6) is 11.5 Å². The van der Waals surface area contributed by atoms with Crippen molar-refractivity contribution in [1.82, 2.24) is 16.0 Å². The number of rotatable bonds is 10. The SMILES string of the molecule is CCNC(=O)COc1cccc(CNC(=NC)NCCc2ccc(C)c(OC)c2)c1. The number of ether oxygens (including phenoxy) is 2. The summed E-state index contributed by atoms with van der Waals surface area (Å²) in [5, 5.41) is 9.33. The summed E-state index contributed by atoms with van der Waals surface area (Å²) in [7, 11) is 3.44. The molecule has 7 nitrogen and oxygen atoms in total.